The number of H-pyrrole nitrogens is 1. The highest BCUT2D eigenvalue weighted by atomic mass is 16.4. The second-order valence-electron chi connectivity index (χ2n) is 4.04. The number of aryl methyl sites for hydroxylation is 1. The van der Waals surface area contributed by atoms with Crippen molar-refractivity contribution < 1.29 is 14.7 Å². The zero-order valence-electron chi connectivity index (χ0n) is 10.3. The Labute approximate surface area is 105 Å². The highest BCUT2D eigenvalue weighted by Gasteiger charge is 2.09. The summed E-state index contributed by atoms with van der Waals surface area (Å²) in [6.07, 6.45) is 4.89. The van der Waals surface area contributed by atoms with Crippen LogP contribution in [0, 0.1) is 0 Å². The molecule has 7 nitrogen and oxygen atoms in total. The number of aromatic amines is 1. The molecule has 0 aliphatic rings. The number of hydrogen-bond donors (Lipinski definition) is 4. The molecule has 7 heteroatoms. The lowest BCUT2D eigenvalue weighted by Crippen LogP contribution is -2.42. The van der Waals surface area contributed by atoms with Crippen LogP contribution in [0.15, 0.2) is 12.4 Å². The molecule has 2 amide bonds. The molecule has 0 aromatic carbocycles. The molecular formula is C11H18N4O3. The van der Waals surface area contributed by atoms with Crippen molar-refractivity contribution in [3.05, 3.63) is 18.2 Å². The van der Waals surface area contributed by atoms with Gasteiger partial charge in [-0.1, -0.05) is 0 Å². The number of carboxylic acid groups (broad SMARTS) is 1. The Morgan fingerprint density at radius 2 is 2.33 bits per heavy atom. The number of urea groups is 1. The first-order valence-electron chi connectivity index (χ1n) is 5.82. The van der Waals surface area contributed by atoms with Crippen LogP contribution in [0.5, 0.6) is 0 Å². The molecule has 0 fully saturated rings. The molecule has 0 saturated carbocycles. The van der Waals surface area contributed by atoms with Gasteiger partial charge >= 0.3 is 12.0 Å². The quantitative estimate of drug-likeness (QED) is 0.531. The van der Waals surface area contributed by atoms with E-state index < -0.39 is 5.97 Å². The van der Waals surface area contributed by atoms with Gasteiger partial charge in [0.2, 0.25) is 0 Å². The molecule has 0 saturated heterocycles. The molecule has 100 valence electrons. The minimum atomic E-state index is -0.930. The summed E-state index contributed by atoms with van der Waals surface area (Å²) in [5.74, 6) is -0.0444. The highest BCUT2D eigenvalue weighted by Crippen LogP contribution is 1.93. The van der Waals surface area contributed by atoms with Gasteiger partial charge < -0.3 is 20.7 Å². The normalized spacial score (nSPS) is 11.8. The third kappa shape index (κ3) is 5.88. The Morgan fingerprint density at radius 3 is 2.94 bits per heavy atom. The molecule has 0 radical (unpaired) electrons. The van der Waals surface area contributed by atoms with E-state index in [1.807, 2.05) is 0 Å². The van der Waals surface area contributed by atoms with Gasteiger partial charge in [-0.05, 0) is 13.3 Å². The van der Waals surface area contributed by atoms with E-state index in [2.05, 4.69) is 20.6 Å². The monoisotopic (exact) mass is 254 g/mol. The predicted molar refractivity (Wildman–Crippen MR) is 65.2 cm³/mol. The average Bonchev–Trinajstić information content (AvgIpc) is 2.75. The molecular weight excluding hydrogens is 236 g/mol. The summed E-state index contributed by atoms with van der Waals surface area (Å²) >= 11 is 0. The molecule has 1 aromatic rings. The van der Waals surface area contributed by atoms with E-state index in [0.29, 0.717) is 6.54 Å². The molecule has 0 aliphatic carbocycles. The molecule has 0 bridgehead atoms. The van der Waals surface area contributed by atoms with Crippen molar-refractivity contribution >= 4 is 12.0 Å². The summed E-state index contributed by atoms with van der Waals surface area (Å²) in [7, 11) is 0. The summed E-state index contributed by atoms with van der Waals surface area (Å²) in [6.45, 7) is 2.17. The maximum absolute atomic E-state index is 11.4. The molecule has 18 heavy (non-hydrogen) atoms. The third-order valence-corrected chi connectivity index (χ3v) is 2.29. The van der Waals surface area contributed by atoms with Crippen LogP contribution in [-0.4, -0.2) is 39.7 Å². The number of carbonyl (C=O) groups excluding carboxylic acids is 1. The zero-order valence-corrected chi connectivity index (χ0v) is 10.3. The molecule has 1 atom stereocenters. The van der Waals surface area contributed by atoms with Crippen LogP contribution in [0.1, 0.15) is 25.6 Å². The molecule has 4 N–H and O–H groups in total. The number of carbonyl (C=O) groups is 2. The number of aliphatic carboxylic acids is 1. The lowest BCUT2D eigenvalue weighted by atomic mass is 10.2. The van der Waals surface area contributed by atoms with Crippen molar-refractivity contribution in [3.63, 3.8) is 0 Å². The SMILES string of the molecule is CC(CC(=O)O)NC(=O)NCCCc1ncc[nH]1. The molecule has 0 aliphatic heterocycles. The zero-order chi connectivity index (χ0) is 13.4. The van der Waals surface area contributed by atoms with Gasteiger partial charge in [0.15, 0.2) is 0 Å². The fourth-order valence-corrected chi connectivity index (χ4v) is 1.48. The molecule has 1 aromatic heterocycles. The number of imidazole rings is 1. The van der Waals surface area contributed by atoms with Gasteiger partial charge in [0, 0.05) is 31.4 Å². The van der Waals surface area contributed by atoms with Crippen molar-refractivity contribution in [2.45, 2.75) is 32.2 Å². The van der Waals surface area contributed by atoms with Crippen LogP contribution >= 0.6 is 0 Å². The first-order valence-corrected chi connectivity index (χ1v) is 5.82. The van der Waals surface area contributed by atoms with Gasteiger partial charge in [-0.3, -0.25) is 4.79 Å². The topological polar surface area (TPSA) is 107 Å². The standard InChI is InChI=1S/C11H18N4O3/c1-8(7-10(16)17)15-11(18)14-4-2-3-9-12-5-6-13-9/h5-6,8H,2-4,7H2,1H3,(H,12,13)(H,16,17)(H2,14,15,18). The van der Waals surface area contributed by atoms with Crippen LogP contribution in [0.2, 0.25) is 0 Å². The number of hydrogen-bond acceptors (Lipinski definition) is 3. The Bertz CT molecular complexity index is 378. The van der Waals surface area contributed by atoms with Gasteiger partial charge in [-0.15, -0.1) is 0 Å². The summed E-state index contributed by atoms with van der Waals surface area (Å²) < 4.78 is 0. The van der Waals surface area contributed by atoms with E-state index in [1.54, 1.807) is 19.3 Å². The fraction of sp³-hybridized carbons (Fsp3) is 0.545. The predicted octanol–water partition coefficient (Wildman–Crippen LogP) is 0.505. The summed E-state index contributed by atoms with van der Waals surface area (Å²) in [4.78, 5) is 28.8. The van der Waals surface area contributed by atoms with E-state index in [1.165, 1.54) is 0 Å². The van der Waals surface area contributed by atoms with Gasteiger partial charge in [0.05, 0.1) is 6.42 Å². The van der Waals surface area contributed by atoms with E-state index in [0.717, 1.165) is 18.7 Å². The van der Waals surface area contributed by atoms with Crippen LogP contribution in [-0.2, 0) is 11.2 Å². The lowest BCUT2D eigenvalue weighted by molar-refractivity contribution is -0.137. The second-order valence-corrected chi connectivity index (χ2v) is 4.04. The van der Waals surface area contributed by atoms with Crippen molar-refractivity contribution in [1.29, 1.82) is 0 Å². The van der Waals surface area contributed by atoms with Crippen molar-refractivity contribution in [2.75, 3.05) is 6.54 Å². The summed E-state index contributed by atoms with van der Waals surface area (Å²) in [5, 5.41) is 13.7. The summed E-state index contributed by atoms with van der Waals surface area (Å²) in [6, 6.07) is -0.726. The Kier molecular flexibility index (Phi) is 5.69. The van der Waals surface area contributed by atoms with E-state index in [-0.39, 0.29) is 18.5 Å². The smallest absolute Gasteiger partial charge is 0.315 e. The number of nitrogens with zero attached hydrogens (tertiary/aromatic N) is 1. The lowest BCUT2D eigenvalue weighted by Gasteiger charge is -2.12. The number of amides is 2. The van der Waals surface area contributed by atoms with Crippen molar-refractivity contribution in [1.82, 2.24) is 20.6 Å². The molecule has 1 rings (SSSR count). The van der Waals surface area contributed by atoms with E-state index in [4.69, 9.17) is 5.11 Å². The maximum Gasteiger partial charge on any atom is 0.315 e. The molecule has 1 heterocycles. The van der Waals surface area contributed by atoms with Crippen molar-refractivity contribution in [2.24, 2.45) is 0 Å². The number of rotatable bonds is 7. The summed E-state index contributed by atoms with van der Waals surface area (Å²) in [5.41, 5.74) is 0. The van der Waals surface area contributed by atoms with Crippen LogP contribution in [0.25, 0.3) is 0 Å². The number of carboxylic acids is 1. The first kappa shape index (κ1) is 14.0. The molecule has 1 unspecified atom stereocenters. The number of nitrogens with one attached hydrogen (secondary N) is 3. The van der Waals surface area contributed by atoms with Crippen LogP contribution in [0.4, 0.5) is 4.79 Å². The van der Waals surface area contributed by atoms with Gasteiger partial charge in [-0.25, -0.2) is 9.78 Å². The second kappa shape index (κ2) is 7.31. The van der Waals surface area contributed by atoms with Gasteiger partial charge in [0.25, 0.3) is 0 Å². The van der Waals surface area contributed by atoms with Gasteiger partial charge in [0.1, 0.15) is 5.82 Å². The van der Waals surface area contributed by atoms with Crippen LogP contribution < -0.4 is 10.6 Å². The maximum atomic E-state index is 11.4. The average molecular weight is 254 g/mol. The third-order valence-electron chi connectivity index (χ3n) is 2.29. The van der Waals surface area contributed by atoms with E-state index in [9.17, 15) is 9.59 Å². The Morgan fingerprint density at radius 1 is 1.56 bits per heavy atom. The number of aromatic nitrogens is 2. The Balaban J connectivity index is 2.08. The molecule has 0 spiro atoms. The first-order chi connectivity index (χ1) is 8.58. The van der Waals surface area contributed by atoms with E-state index >= 15 is 0 Å². The van der Waals surface area contributed by atoms with Gasteiger partial charge in [-0.2, -0.15) is 0 Å². The van der Waals surface area contributed by atoms with Crippen molar-refractivity contribution in [3.8, 4) is 0 Å². The minimum absolute atomic E-state index is 0.0835. The Hall–Kier alpha value is -2.05. The highest BCUT2D eigenvalue weighted by molar-refractivity contribution is 5.75. The largest absolute Gasteiger partial charge is 0.481 e. The fourth-order valence-electron chi connectivity index (χ4n) is 1.48. The van der Waals surface area contributed by atoms with Crippen LogP contribution in [0.3, 0.4) is 0 Å². The minimum Gasteiger partial charge on any atom is -0.481 e.